The first-order valence-electron chi connectivity index (χ1n) is 10.6. The van der Waals surface area contributed by atoms with Gasteiger partial charge >= 0.3 is 0 Å². The van der Waals surface area contributed by atoms with Gasteiger partial charge in [0, 0.05) is 37.7 Å². The number of hydrogen-bond donors (Lipinski definition) is 0. The molecule has 1 aliphatic heterocycles. The first kappa shape index (κ1) is 18.4. The van der Waals surface area contributed by atoms with Crippen molar-refractivity contribution in [2.24, 2.45) is 35.0 Å². The van der Waals surface area contributed by atoms with E-state index in [1.807, 2.05) is 5.92 Å². The third-order valence-electron chi connectivity index (χ3n) is 9.43. The first-order valence-corrected chi connectivity index (χ1v) is 10.6. The van der Waals surface area contributed by atoms with E-state index in [2.05, 4.69) is 13.8 Å². The first-order chi connectivity index (χ1) is 11.1. The van der Waals surface area contributed by atoms with Gasteiger partial charge in [0.1, 0.15) is 0 Å². The van der Waals surface area contributed by atoms with Crippen molar-refractivity contribution in [3.8, 4) is 0 Å². The van der Waals surface area contributed by atoms with Crippen LogP contribution in [0.4, 0.5) is 0 Å². The van der Waals surface area contributed by atoms with Gasteiger partial charge in [-0.05, 0) is 68.1 Å². The van der Waals surface area contributed by atoms with Gasteiger partial charge in [-0.3, -0.25) is 0 Å². The molecule has 0 N–H and O–H groups in total. The average Bonchev–Trinajstić information content (AvgIpc) is 3.16. The van der Waals surface area contributed by atoms with Crippen LogP contribution in [0, 0.1) is 72.0 Å². The van der Waals surface area contributed by atoms with E-state index < -0.39 is 0 Å². The fourth-order valence-corrected chi connectivity index (χ4v) is 8.14. The largest absolute Gasteiger partial charge is 0.375 e. The van der Waals surface area contributed by atoms with Crippen molar-refractivity contribution >= 4 is 0 Å². The Labute approximate surface area is 172 Å². The molecule has 1 spiro atoms. The fraction of sp³-hybridized carbons (Fsp3) is 0.955. The molecule has 1 heterocycles. The van der Waals surface area contributed by atoms with Crippen molar-refractivity contribution in [3.05, 3.63) is 5.92 Å². The molecular formula is C22H35OU-. The molecule has 5 aliphatic rings. The van der Waals surface area contributed by atoms with E-state index in [1.165, 1.54) is 70.6 Å². The SMILES string of the molecule is C[C-]1CCC2C3CCC4CC5(CCCO5)CC[C@]4(C)C3CC[C@@H]12.[U]. The molecule has 0 bridgehead atoms. The number of fused-ring (bicyclic) bond motifs is 5. The monoisotopic (exact) mass is 553 g/mol. The van der Waals surface area contributed by atoms with Gasteiger partial charge in [-0.1, -0.05) is 32.1 Å². The number of ether oxygens (including phenoxy) is 1. The summed E-state index contributed by atoms with van der Waals surface area (Å²) in [7, 11) is 0. The second-order valence-electron chi connectivity index (χ2n) is 10.1. The summed E-state index contributed by atoms with van der Waals surface area (Å²) >= 11 is 0. The van der Waals surface area contributed by atoms with Gasteiger partial charge in [0.25, 0.3) is 0 Å². The molecule has 0 radical (unpaired) electrons. The van der Waals surface area contributed by atoms with Crippen molar-refractivity contribution in [1.82, 2.24) is 0 Å². The summed E-state index contributed by atoms with van der Waals surface area (Å²) in [6, 6.07) is 0. The van der Waals surface area contributed by atoms with Crippen molar-refractivity contribution in [3.63, 3.8) is 0 Å². The van der Waals surface area contributed by atoms with Crippen LogP contribution < -0.4 is 0 Å². The Morgan fingerprint density at radius 2 is 1.83 bits per heavy atom. The van der Waals surface area contributed by atoms with Crippen molar-refractivity contribution < 1.29 is 35.9 Å². The summed E-state index contributed by atoms with van der Waals surface area (Å²) in [5, 5.41) is 0. The Kier molecular flexibility index (Phi) is 5.03. The minimum absolute atomic E-state index is 0. The summed E-state index contributed by atoms with van der Waals surface area (Å²) in [5.41, 5.74) is 0.952. The van der Waals surface area contributed by atoms with Crippen LogP contribution in [0.5, 0.6) is 0 Å². The predicted octanol–water partition coefficient (Wildman–Crippen LogP) is 5.78. The Hall–Kier alpha value is 1.01. The quantitative estimate of drug-likeness (QED) is 0.346. The molecule has 24 heavy (non-hydrogen) atoms. The zero-order chi connectivity index (χ0) is 15.7. The maximum Gasteiger partial charge on any atom is 0.0686 e. The fourth-order valence-electron chi connectivity index (χ4n) is 8.14. The molecule has 4 saturated carbocycles. The molecule has 5 rings (SSSR count). The van der Waals surface area contributed by atoms with E-state index in [9.17, 15) is 0 Å². The van der Waals surface area contributed by atoms with Crippen molar-refractivity contribution in [2.45, 2.75) is 90.1 Å². The second kappa shape index (κ2) is 6.56. The molecule has 134 valence electrons. The maximum absolute atomic E-state index is 6.29. The van der Waals surface area contributed by atoms with E-state index >= 15 is 0 Å². The van der Waals surface area contributed by atoms with Crippen LogP contribution in [0.1, 0.15) is 84.5 Å². The van der Waals surface area contributed by atoms with Gasteiger partial charge in [-0.2, -0.15) is 19.3 Å². The minimum Gasteiger partial charge on any atom is -0.375 e. The third kappa shape index (κ3) is 2.64. The van der Waals surface area contributed by atoms with E-state index in [1.54, 1.807) is 0 Å². The van der Waals surface area contributed by atoms with Gasteiger partial charge in [-0.15, -0.1) is 0 Å². The van der Waals surface area contributed by atoms with E-state index in [-0.39, 0.29) is 31.1 Å². The number of hydrogen-bond acceptors (Lipinski definition) is 1. The van der Waals surface area contributed by atoms with Gasteiger partial charge in [0.2, 0.25) is 0 Å². The normalized spacial score (nSPS) is 54.0. The van der Waals surface area contributed by atoms with Gasteiger partial charge < -0.3 is 10.7 Å². The van der Waals surface area contributed by atoms with Crippen LogP contribution in [-0.4, -0.2) is 12.2 Å². The third-order valence-corrected chi connectivity index (χ3v) is 9.43. The Balaban J connectivity index is 0.00000146. The molecule has 2 heteroatoms. The number of rotatable bonds is 0. The zero-order valence-electron chi connectivity index (χ0n) is 15.8. The standard InChI is InChI=1S/C22H35O.U/c1-15-4-6-18-17(15)8-9-20-19(18)7-5-16-14-22(10-3-13-23-22)12-11-21(16,20)2;/h16-20H,3-14H2,1-2H3;/q-1;/t16?,17-,18?,19?,20?,21-,22?;/m0./s1. The average molecular weight is 554 g/mol. The Bertz CT molecular complexity index is 471. The molecular weight excluding hydrogens is 518 g/mol. The molecule has 7 atom stereocenters. The summed E-state index contributed by atoms with van der Waals surface area (Å²) < 4.78 is 6.29. The van der Waals surface area contributed by atoms with Crippen molar-refractivity contribution in [2.75, 3.05) is 6.61 Å². The van der Waals surface area contributed by atoms with Crippen LogP contribution in [-0.2, 0) is 4.74 Å². The molecule has 4 aliphatic carbocycles. The molecule has 0 amide bonds. The summed E-state index contributed by atoms with van der Waals surface area (Å²) in [6.45, 7) is 6.19. The molecule has 1 saturated heterocycles. The van der Waals surface area contributed by atoms with Crippen LogP contribution in [0.3, 0.4) is 0 Å². The Morgan fingerprint density at radius 3 is 2.62 bits per heavy atom. The van der Waals surface area contributed by atoms with Gasteiger partial charge in [0.05, 0.1) is 5.60 Å². The van der Waals surface area contributed by atoms with Crippen LogP contribution in [0.15, 0.2) is 0 Å². The van der Waals surface area contributed by atoms with Crippen molar-refractivity contribution in [1.29, 1.82) is 0 Å². The van der Waals surface area contributed by atoms with Gasteiger partial charge in [0.15, 0.2) is 0 Å². The molecule has 0 aromatic carbocycles. The van der Waals surface area contributed by atoms with E-state index in [4.69, 9.17) is 4.74 Å². The van der Waals surface area contributed by atoms with Crippen LogP contribution in [0.25, 0.3) is 0 Å². The minimum atomic E-state index is 0. The van der Waals surface area contributed by atoms with Gasteiger partial charge in [-0.25, -0.2) is 0 Å². The van der Waals surface area contributed by atoms with E-state index in [0.29, 0.717) is 11.0 Å². The summed E-state index contributed by atoms with van der Waals surface area (Å²) in [6.07, 6.45) is 15.9. The molecule has 0 aromatic heterocycles. The topological polar surface area (TPSA) is 9.23 Å². The Morgan fingerprint density at radius 1 is 0.958 bits per heavy atom. The zero-order valence-corrected chi connectivity index (χ0v) is 19.9. The molecule has 5 unspecified atom stereocenters. The van der Waals surface area contributed by atoms with Crippen LogP contribution >= 0.6 is 0 Å². The second-order valence-corrected chi connectivity index (χ2v) is 10.1. The smallest absolute Gasteiger partial charge is 0.0686 e. The maximum atomic E-state index is 6.29. The summed E-state index contributed by atoms with van der Waals surface area (Å²) in [5.74, 6) is 6.97. The molecule has 0 aromatic rings. The van der Waals surface area contributed by atoms with E-state index in [0.717, 1.165) is 36.2 Å². The summed E-state index contributed by atoms with van der Waals surface area (Å²) in [4.78, 5) is 0. The van der Waals surface area contributed by atoms with Crippen LogP contribution in [0.2, 0.25) is 0 Å². The molecule has 5 fully saturated rings. The molecule has 1 nitrogen and oxygen atoms in total. The predicted molar refractivity (Wildman–Crippen MR) is 93.9 cm³/mol.